The molecule has 1 atom stereocenters. The van der Waals surface area contributed by atoms with Gasteiger partial charge >= 0.3 is 12.0 Å². The molecule has 0 saturated carbocycles. The van der Waals surface area contributed by atoms with Crippen LogP contribution < -0.4 is 24.8 Å². The summed E-state index contributed by atoms with van der Waals surface area (Å²) in [5.74, 6) is 1.25. The van der Waals surface area contributed by atoms with Crippen molar-refractivity contribution in [3.8, 4) is 17.2 Å². The van der Waals surface area contributed by atoms with E-state index in [1.807, 2.05) is 54.6 Å². The molecule has 186 valence electrons. The number of rotatable bonds is 9. The van der Waals surface area contributed by atoms with Crippen LogP contribution >= 0.6 is 0 Å². The van der Waals surface area contributed by atoms with Gasteiger partial charge in [0, 0.05) is 0 Å². The molecule has 1 heterocycles. The molecular formula is C28H28N2O6. The number of hydrogen-bond donors (Lipinski definition) is 2. The number of urea groups is 1. The van der Waals surface area contributed by atoms with E-state index in [-0.39, 0.29) is 6.61 Å². The van der Waals surface area contributed by atoms with Gasteiger partial charge < -0.3 is 29.6 Å². The first-order valence-electron chi connectivity index (χ1n) is 11.5. The van der Waals surface area contributed by atoms with Gasteiger partial charge in [-0.15, -0.1) is 0 Å². The summed E-state index contributed by atoms with van der Waals surface area (Å²) in [6.45, 7) is 2.27. The molecule has 1 aliphatic rings. The first-order chi connectivity index (χ1) is 17.5. The first kappa shape index (κ1) is 24.7. The van der Waals surface area contributed by atoms with E-state index in [1.165, 1.54) is 7.11 Å². The molecule has 0 fully saturated rings. The Kier molecular flexibility index (Phi) is 7.75. The van der Waals surface area contributed by atoms with Gasteiger partial charge in [-0.2, -0.15) is 0 Å². The van der Waals surface area contributed by atoms with Gasteiger partial charge in [0.1, 0.15) is 12.4 Å². The fourth-order valence-electron chi connectivity index (χ4n) is 3.94. The molecule has 3 aromatic rings. The van der Waals surface area contributed by atoms with E-state index in [1.54, 1.807) is 32.2 Å². The summed E-state index contributed by atoms with van der Waals surface area (Å²) in [5, 5.41) is 5.62. The maximum absolute atomic E-state index is 13.1. The van der Waals surface area contributed by atoms with Crippen molar-refractivity contribution in [1.82, 2.24) is 10.6 Å². The molecule has 8 nitrogen and oxygen atoms in total. The Balaban J connectivity index is 1.67. The monoisotopic (exact) mass is 488 g/mol. The maximum Gasteiger partial charge on any atom is 0.338 e. The lowest BCUT2D eigenvalue weighted by Crippen LogP contribution is -2.45. The Bertz CT molecular complexity index is 1250. The standard InChI is InChI=1S/C28H28N2O6/c1-4-35-27(31)24-25(19-8-6-5-7-9-19)29-28(32)30-26(24)20-12-15-22(23(16-20)34-3)36-17-18-10-13-21(33-2)14-11-18/h5-16,26H,4,17H2,1-3H3,(H2,29,30,32). The molecule has 0 saturated heterocycles. The summed E-state index contributed by atoms with van der Waals surface area (Å²) in [4.78, 5) is 25.7. The van der Waals surface area contributed by atoms with Gasteiger partial charge in [-0.05, 0) is 47.9 Å². The third-order valence-corrected chi connectivity index (χ3v) is 5.70. The highest BCUT2D eigenvalue weighted by Crippen LogP contribution is 2.36. The zero-order valence-corrected chi connectivity index (χ0v) is 20.4. The van der Waals surface area contributed by atoms with Gasteiger partial charge in [0.2, 0.25) is 0 Å². The van der Waals surface area contributed by atoms with Gasteiger partial charge in [0.25, 0.3) is 0 Å². The summed E-state index contributed by atoms with van der Waals surface area (Å²) in [7, 11) is 3.16. The van der Waals surface area contributed by atoms with Crippen molar-refractivity contribution in [3.63, 3.8) is 0 Å². The lowest BCUT2D eigenvalue weighted by Gasteiger charge is -2.30. The number of esters is 1. The van der Waals surface area contributed by atoms with E-state index in [2.05, 4.69) is 10.6 Å². The first-order valence-corrected chi connectivity index (χ1v) is 11.5. The van der Waals surface area contributed by atoms with Crippen molar-refractivity contribution < 1.29 is 28.5 Å². The third kappa shape index (κ3) is 5.43. The fourth-order valence-corrected chi connectivity index (χ4v) is 3.94. The number of methoxy groups -OCH3 is 2. The number of carbonyl (C=O) groups is 2. The zero-order chi connectivity index (χ0) is 25.5. The van der Waals surface area contributed by atoms with Crippen LogP contribution in [0.3, 0.4) is 0 Å². The minimum atomic E-state index is -0.752. The second kappa shape index (κ2) is 11.3. The lowest BCUT2D eigenvalue weighted by molar-refractivity contribution is -0.138. The van der Waals surface area contributed by atoms with E-state index < -0.39 is 18.0 Å². The molecule has 0 aromatic heterocycles. The smallest absolute Gasteiger partial charge is 0.338 e. The quantitative estimate of drug-likeness (QED) is 0.427. The van der Waals surface area contributed by atoms with E-state index in [0.29, 0.717) is 40.5 Å². The van der Waals surface area contributed by atoms with Crippen LogP contribution in [-0.4, -0.2) is 32.8 Å². The van der Waals surface area contributed by atoms with Gasteiger partial charge in [0.15, 0.2) is 11.5 Å². The Hall–Kier alpha value is -4.46. The molecule has 0 radical (unpaired) electrons. The highest BCUT2D eigenvalue weighted by Gasteiger charge is 2.34. The average Bonchev–Trinajstić information content (AvgIpc) is 2.92. The van der Waals surface area contributed by atoms with Crippen LogP contribution in [0.5, 0.6) is 17.2 Å². The van der Waals surface area contributed by atoms with E-state index >= 15 is 0 Å². The maximum atomic E-state index is 13.1. The summed E-state index contributed by atoms with van der Waals surface area (Å²) in [5.41, 5.74) is 3.02. The van der Waals surface area contributed by atoms with Crippen molar-refractivity contribution in [1.29, 1.82) is 0 Å². The van der Waals surface area contributed by atoms with Crippen LogP contribution in [0.1, 0.15) is 29.7 Å². The Morgan fingerprint density at radius 1 is 0.917 bits per heavy atom. The van der Waals surface area contributed by atoms with Crippen LogP contribution in [0.4, 0.5) is 4.79 Å². The van der Waals surface area contributed by atoms with E-state index in [9.17, 15) is 9.59 Å². The normalized spacial score (nSPS) is 15.0. The van der Waals surface area contributed by atoms with Crippen molar-refractivity contribution >= 4 is 17.7 Å². The molecule has 4 rings (SSSR count). The predicted molar refractivity (Wildman–Crippen MR) is 135 cm³/mol. The molecule has 0 bridgehead atoms. The van der Waals surface area contributed by atoms with Gasteiger partial charge in [0.05, 0.1) is 38.1 Å². The summed E-state index contributed by atoms with van der Waals surface area (Å²) in [6.07, 6.45) is 0. The highest BCUT2D eigenvalue weighted by molar-refractivity contribution is 6.04. The predicted octanol–water partition coefficient (Wildman–Crippen LogP) is 4.61. The van der Waals surface area contributed by atoms with Crippen molar-refractivity contribution in [2.75, 3.05) is 20.8 Å². The fraction of sp³-hybridized carbons (Fsp3) is 0.214. The molecule has 0 aliphatic carbocycles. The SMILES string of the molecule is CCOC(=O)C1=C(c2ccccc2)NC(=O)NC1c1ccc(OCc2ccc(OC)cc2)c(OC)c1. The van der Waals surface area contributed by atoms with Crippen molar-refractivity contribution in [2.45, 2.75) is 19.6 Å². The van der Waals surface area contributed by atoms with Gasteiger partial charge in [-0.1, -0.05) is 48.5 Å². The zero-order valence-electron chi connectivity index (χ0n) is 20.4. The Morgan fingerprint density at radius 3 is 2.33 bits per heavy atom. The van der Waals surface area contributed by atoms with Crippen LogP contribution in [0.2, 0.25) is 0 Å². The van der Waals surface area contributed by atoms with Crippen molar-refractivity contribution in [2.24, 2.45) is 0 Å². The molecule has 2 N–H and O–H groups in total. The number of carbonyl (C=O) groups excluding carboxylic acids is 2. The largest absolute Gasteiger partial charge is 0.497 e. The van der Waals surface area contributed by atoms with E-state index in [4.69, 9.17) is 18.9 Å². The Morgan fingerprint density at radius 2 is 1.67 bits per heavy atom. The molecule has 0 spiro atoms. The third-order valence-electron chi connectivity index (χ3n) is 5.70. The number of benzene rings is 3. The molecule has 1 unspecified atom stereocenters. The van der Waals surface area contributed by atoms with Gasteiger partial charge in [-0.25, -0.2) is 9.59 Å². The summed E-state index contributed by atoms with van der Waals surface area (Å²) < 4.78 is 22.1. The van der Waals surface area contributed by atoms with Crippen LogP contribution in [0.15, 0.2) is 78.4 Å². The molecule has 8 heteroatoms. The number of hydrogen-bond acceptors (Lipinski definition) is 6. The second-order valence-electron chi connectivity index (χ2n) is 7.95. The van der Waals surface area contributed by atoms with E-state index in [0.717, 1.165) is 11.3 Å². The number of nitrogens with one attached hydrogen (secondary N) is 2. The van der Waals surface area contributed by atoms with Gasteiger partial charge in [-0.3, -0.25) is 0 Å². The van der Waals surface area contributed by atoms with Crippen LogP contribution in [0.25, 0.3) is 5.70 Å². The Labute approximate surface area is 209 Å². The molecule has 36 heavy (non-hydrogen) atoms. The molecular weight excluding hydrogens is 460 g/mol. The van der Waals surface area contributed by atoms with Crippen LogP contribution in [-0.2, 0) is 16.1 Å². The molecule has 3 aromatic carbocycles. The molecule has 1 aliphatic heterocycles. The van der Waals surface area contributed by atoms with Crippen molar-refractivity contribution in [3.05, 3.63) is 95.1 Å². The minimum Gasteiger partial charge on any atom is -0.497 e. The molecule has 2 amide bonds. The highest BCUT2D eigenvalue weighted by atomic mass is 16.5. The summed E-state index contributed by atoms with van der Waals surface area (Å²) >= 11 is 0. The summed E-state index contributed by atoms with van der Waals surface area (Å²) in [6, 6.07) is 20.9. The minimum absolute atomic E-state index is 0.201. The lowest BCUT2D eigenvalue weighted by atomic mass is 9.92. The topological polar surface area (TPSA) is 95.1 Å². The van der Waals surface area contributed by atoms with Crippen LogP contribution in [0, 0.1) is 0 Å². The number of ether oxygens (including phenoxy) is 4. The average molecular weight is 489 g/mol. The number of amides is 2. The second-order valence-corrected chi connectivity index (χ2v) is 7.95.